The molecule has 0 unspecified atom stereocenters. The molecule has 7 nitrogen and oxygen atoms in total. The number of hydrogen-bond acceptors (Lipinski definition) is 7. The zero-order valence-electron chi connectivity index (χ0n) is 25.7. The minimum absolute atomic E-state index is 0.00530. The van der Waals surface area contributed by atoms with Crippen LogP contribution in [0.25, 0.3) is 0 Å². The molecule has 0 aromatic heterocycles. The molecule has 4 saturated carbocycles. The van der Waals surface area contributed by atoms with Gasteiger partial charge in [0.25, 0.3) is 0 Å². The number of hydrogen-bond donors (Lipinski definition) is 3. The molecular weight excluding hydrogens is 518 g/mol. The van der Waals surface area contributed by atoms with Crippen LogP contribution >= 0.6 is 0 Å². The number of aliphatic hydroxyl groups excluding tert-OH is 3. The van der Waals surface area contributed by atoms with Gasteiger partial charge in [-0.25, -0.2) is 0 Å². The summed E-state index contributed by atoms with van der Waals surface area (Å²) < 4.78 is 12.2. The van der Waals surface area contributed by atoms with Crippen LogP contribution < -0.4 is 0 Å². The minimum atomic E-state index is -1.29. The third kappa shape index (κ3) is 4.61. The van der Waals surface area contributed by atoms with E-state index < -0.39 is 30.7 Å². The number of aliphatic hydroxyl groups is 3. The number of fused-ring (bicyclic) bond motifs is 8. The lowest BCUT2D eigenvalue weighted by Crippen LogP contribution is -2.59. The van der Waals surface area contributed by atoms with E-state index in [0.717, 1.165) is 54.9 Å². The number of ketones is 1. The molecule has 0 bridgehead atoms. The number of ether oxygens (including phenoxy) is 2. The van der Waals surface area contributed by atoms with Gasteiger partial charge in [-0.3, -0.25) is 9.69 Å². The van der Waals surface area contributed by atoms with Crippen molar-refractivity contribution in [2.45, 2.75) is 135 Å². The molecule has 0 spiro atoms. The average Bonchev–Trinajstić information content (AvgIpc) is 3.34. The van der Waals surface area contributed by atoms with E-state index >= 15 is 0 Å². The highest BCUT2D eigenvalue weighted by Gasteiger charge is 2.63. The third-order valence-corrected chi connectivity index (χ3v) is 14.1. The summed E-state index contributed by atoms with van der Waals surface area (Å²) in [5, 5.41) is 31.2. The molecule has 17 atom stereocenters. The van der Waals surface area contributed by atoms with E-state index in [1.54, 1.807) is 0 Å². The van der Waals surface area contributed by atoms with Crippen LogP contribution in [-0.2, 0) is 14.3 Å². The number of carbonyl (C=O) groups excluding carboxylic acids is 1. The van der Waals surface area contributed by atoms with Crippen LogP contribution in [0.3, 0.4) is 0 Å². The molecule has 0 aromatic carbocycles. The van der Waals surface area contributed by atoms with Crippen LogP contribution in [0.5, 0.6) is 0 Å². The number of carbonyl (C=O) groups is 1. The van der Waals surface area contributed by atoms with E-state index in [1.165, 1.54) is 45.2 Å². The van der Waals surface area contributed by atoms with Crippen molar-refractivity contribution in [2.24, 2.45) is 58.7 Å². The summed E-state index contributed by atoms with van der Waals surface area (Å²) in [6.45, 7) is 11.9. The molecule has 7 fully saturated rings. The van der Waals surface area contributed by atoms with Gasteiger partial charge >= 0.3 is 0 Å². The molecule has 0 aromatic rings. The quantitative estimate of drug-likeness (QED) is 0.439. The van der Waals surface area contributed by atoms with Crippen molar-refractivity contribution in [1.29, 1.82) is 0 Å². The van der Waals surface area contributed by atoms with Crippen molar-refractivity contribution in [3.63, 3.8) is 0 Å². The van der Waals surface area contributed by atoms with Gasteiger partial charge in [-0.15, -0.1) is 0 Å². The fourth-order valence-corrected chi connectivity index (χ4v) is 12.0. The molecule has 7 aliphatic rings. The van der Waals surface area contributed by atoms with Gasteiger partial charge < -0.3 is 24.8 Å². The second kappa shape index (κ2) is 10.8. The monoisotopic (exact) mass is 573 g/mol. The van der Waals surface area contributed by atoms with Gasteiger partial charge in [0.2, 0.25) is 0 Å². The summed E-state index contributed by atoms with van der Waals surface area (Å²) in [6.07, 6.45) is 5.08. The average molecular weight is 574 g/mol. The van der Waals surface area contributed by atoms with Gasteiger partial charge in [0.15, 0.2) is 6.29 Å². The molecule has 3 saturated heterocycles. The summed E-state index contributed by atoms with van der Waals surface area (Å²) in [4.78, 5) is 16.8. The first kappa shape index (κ1) is 29.2. The Hall–Kier alpha value is -0.570. The fraction of sp³-hybridized carbons (Fsp3) is 0.971. The van der Waals surface area contributed by atoms with E-state index in [2.05, 4.69) is 25.7 Å². The predicted molar refractivity (Wildman–Crippen MR) is 155 cm³/mol. The Kier molecular flexibility index (Phi) is 7.68. The topological polar surface area (TPSA) is 99.5 Å². The van der Waals surface area contributed by atoms with Crippen LogP contribution in [0.15, 0.2) is 0 Å². The van der Waals surface area contributed by atoms with E-state index in [0.29, 0.717) is 36.4 Å². The summed E-state index contributed by atoms with van der Waals surface area (Å²) in [7, 11) is 0. The first-order chi connectivity index (χ1) is 19.6. The summed E-state index contributed by atoms with van der Waals surface area (Å²) in [5.74, 6) is 6.34. The van der Waals surface area contributed by atoms with E-state index in [1.807, 2.05) is 6.92 Å². The van der Waals surface area contributed by atoms with E-state index in [9.17, 15) is 20.1 Å². The van der Waals surface area contributed by atoms with Crippen LogP contribution in [0.2, 0.25) is 0 Å². The van der Waals surface area contributed by atoms with Crippen molar-refractivity contribution in [3.8, 4) is 0 Å². The molecule has 3 aliphatic heterocycles. The van der Waals surface area contributed by atoms with Crippen molar-refractivity contribution < 1.29 is 29.6 Å². The Morgan fingerprint density at radius 2 is 1.68 bits per heavy atom. The van der Waals surface area contributed by atoms with E-state index in [-0.39, 0.29) is 17.4 Å². The highest BCUT2D eigenvalue weighted by molar-refractivity contribution is 5.83. The Balaban J connectivity index is 1.06. The molecule has 0 radical (unpaired) electrons. The van der Waals surface area contributed by atoms with E-state index in [4.69, 9.17) is 9.47 Å². The number of piperidine rings is 2. The summed E-state index contributed by atoms with van der Waals surface area (Å²) >= 11 is 0. The lowest BCUT2D eigenvalue weighted by molar-refractivity contribution is -0.312. The van der Waals surface area contributed by atoms with Gasteiger partial charge in [-0.1, -0.05) is 27.7 Å². The lowest BCUT2D eigenvalue weighted by atomic mass is 9.51. The fourth-order valence-electron chi connectivity index (χ4n) is 12.0. The standard InChI is InChI=1S/C34H55NO6/c1-5-29-30(37)31(38)32(39)33(41-29)40-19-10-11-34(4)25-13-22-21(23(25)14-28(36)26(34)12-19)8-7-20-18(3)27-9-6-17(2)15-35(27)16-24(20)22/h17-27,29-33,37-39H,5-16H2,1-4H3/t17-,18-,19+,20-,21+,22+,23-,24+,25-,26+,27-,29+,30+,31-,32+,33+,34+/m0/s1. The number of rotatable bonds is 3. The molecule has 4 aliphatic carbocycles. The van der Waals surface area contributed by atoms with Gasteiger partial charge in [0.1, 0.15) is 24.1 Å². The molecule has 3 N–H and O–H groups in total. The van der Waals surface area contributed by atoms with Crippen molar-refractivity contribution in [3.05, 3.63) is 0 Å². The Morgan fingerprint density at radius 1 is 0.902 bits per heavy atom. The van der Waals surface area contributed by atoms with Crippen molar-refractivity contribution >= 4 is 5.78 Å². The van der Waals surface area contributed by atoms with Crippen molar-refractivity contribution in [2.75, 3.05) is 13.1 Å². The Labute approximate surface area is 246 Å². The van der Waals surface area contributed by atoms with Crippen LogP contribution in [-0.4, -0.2) is 81.9 Å². The zero-order chi connectivity index (χ0) is 28.8. The maximum atomic E-state index is 13.9. The molecule has 232 valence electrons. The molecule has 3 heterocycles. The first-order valence-corrected chi connectivity index (χ1v) is 17.2. The summed E-state index contributed by atoms with van der Waals surface area (Å²) in [6, 6.07) is 0.787. The molecule has 41 heavy (non-hydrogen) atoms. The SMILES string of the molecule is CC[C@H]1O[C@@H](O[C@@H]2CC[C@@]3(C)[C@H](C2)C(=O)C[C@H]2[C@@H]4CC[C@H]5[C@H](C)[C@@H]6CC[C@H](C)CN6C[C@H]5[C@@H]4C[C@@H]23)[C@H](O)[C@@H](O)[C@@H]1O. The highest BCUT2D eigenvalue weighted by Crippen LogP contribution is 2.66. The van der Waals surface area contributed by atoms with Gasteiger partial charge in [0, 0.05) is 31.5 Å². The number of nitrogens with zero attached hydrogens (tertiary/aromatic N) is 1. The van der Waals surface area contributed by atoms with Crippen LogP contribution in [0.4, 0.5) is 0 Å². The summed E-state index contributed by atoms with van der Waals surface area (Å²) in [5.41, 5.74) is 0.0167. The van der Waals surface area contributed by atoms with Gasteiger partial charge in [0.05, 0.1) is 12.2 Å². The maximum Gasteiger partial charge on any atom is 0.186 e. The smallest absolute Gasteiger partial charge is 0.186 e. The number of Topliss-reactive ketones (excluding diaryl/α,β-unsaturated/α-hetero) is 1. The first-order valence-electron chi connectivity index (χ1n) is 17.2. The Morgan fingerprint density at radius 3 is 2.46 bits per heavy atom. The minimum Gasteiger partial charge on any atom is -0.388 e. The molecular formula is C34H55NO6. The highest BCUT2D eigenvalue weighted by atomic mass is 16.7. The second-order valence-corrected chi connectivity index (χ2v) is 16.0. The maximum absolute atomic E-state index is 13.9. The lowest BCUT2D eigenvalue weighted by Gasteiger charge is -2.56. The van der Waals surface area contributed by atoms with Crippen LogP contribution in [0, 0.1) is 58.7 Å². The Bertz CT molecular complexity index is 988. The largest absolute Gasteiger partial charge is 0.388 e. The molecule has 7 rings (SSSR count). The zero-order valence-corrected chi connectivity index (χ0v) is 25.7. The molecule has 7 heteroatoms. The van der Waals surface area contributed by atoms with Crippen molar-refractivity contribution in [1.82, 2.24) is 4.90 Å². The molecule has 0 amide bonds. The van der Waals surface area contributed by atoms with Crippen LogP contribution in [0.1, 0.15) is 91.9 Å². The van der Waals surface area contributed by atoms with Gasteiger partial charge in [-0.2, -0.15) is 0 Å². The third-order valence-electron chi connectivity index (χ3n) is 14.1. The van der Waals surface area contributed by atoms with Gasteiger partial charge in [-0.05, 0) is 111 Å². The second-order valence-electron chi connectivity index (χ2n) is 16.0. The normalized spacial score (nSPS) is 57.2. The predicted octanol–water partition coefficient (Wildman–Crippen LogP) is 4.01.